The molecule has 8 heteroatoms. The van der Waals surface area contributed by atoms with E-state index in [1.165, 1.54) is 0 Å². The zero-order chi connectivity index (χ0) is 23.0. The van der Waals surface area contributed by atoms with Crippen molar-refractivity contribution in [3.63, 3.8) is 0 Å². The standard InChI is InChI=1S/C24H29ClO7/c1-12(10-26)14-4-2-13(3-5-14)8-15-9-17(16-6-7-31-23(16)19(15)25)24-22(30)21(29)20(28)18(11-27)32-24/h2-5,9,12,18,20-22,24,26-30H,6-8,10-11H2,1H3/t12?,18-,20-,21+,22-,24+/m1/s1. The molecule has 1 unspecified atom stereocenters. The molecule has 0 spiro atoms. The summed E-state index contributed by atoms with van der Waals surface area (Å²) in [5.74, 6) is 0.598. The number of halogens is 1. The van der Waals surface area contributed by atoms with Crippen LogP contribution in [0.3, 0.4) is 0 Å². The van der Waals surface area contributed by atoms with Crippen molar-refractivity contribution in [2.75, 3.05) is 19.8 Å². The fraction of sp³-hybridized carbons (Fsp3) is 0.500. The Hall–Kier alpha value is -1.71. The van der Waals surface area contributed by atoms with Crippen LogP contribution in [-0.4, -0.2) is 69.8 Å². The van der Waals surface area contributed by atoms with Gasteiger partial charge in [0.25, 0.3) is 0 Å². The highest BCUT2D eigenvalue weighted by atomic mass is 35.5. The monoisotopic (exact) mass is 464 g/mol. The van der Waals surface area contributed by atoms with Gasteiger partial charge in [0.2, 0.25) is 0 Å². The molecule has 2 aliphatic rings. The van der Waals surface area contributed by atoms with Crippen molar-refractivity contribution in [1.82, 2.24) is 0 Å². The van der Waals surface area contributed by atoms with Crippen molar-refractivity contribution >= 4 is 11.6 Å². The topological polar surface area (TPSA) is 120 Å². The number of rotatable bonds is 6. The normalized spacial score (nSPS) is 28.3. The Kier molecular flexibility index (Phi) is 7.07. The van der Waals surface area contributed by atoms with Gasteiger partial charge in [-0.1, -0.05) is 48.9 Å². The minimum Gasteiger partial charge on any atom is -0.491 e. The smallest absolute Gasteiger partial charge is 0.141 e. The van der Waals surface area contributed by atoms with Crippen molar-refractivity contribution in [3.05, 3.63) is 63.2 Å². The van der Waals surface area contributed by atoms with Gasteiger partial charge >= 0.3 is 0 Å². The number of ether oxygens (including phenoxy) is 2. The van der Waals surface area contributed by atoms with E-state index in [0.717, 1.165) is 22.3 Å². The molecule has 6 atom stereocenters. The molecule has 0 aliphatic carbocycles. The summed E-state index contributed by atoms with van der Waals surface area (Å²) in [6.07, 6.45) is -5.08. The van der Waals surface area contributed by atoms with Crippen molar-refractivity contribution < 1.29 is 35.0 Å². The first-order chi connectivity index (χ1) is 15.3. The zero-order valence-corrected chi connectivity index (χ0v) is 18.6. The number of fused-ring (bicyclic) bond motifs is 1. The molecule has 4 rings (SSSR count). The van der Waals surface area contributed by atoms with Gasteiger partial charge in [0.15, 0.2) is 0 Å². The Balaban J connectivity index is 1.69. The van der Waals surface area contributed by atoms with Crippen LogP contribution in [0.2, 0.25) is 5.02 Å². The van der Waals surface area contributed by atoms with Crippen LogP contribution in [0.25, 0.3) is 0 Å². The van der Waals surface area contributed by atoms with Crippen molar-refractivity contribution in [2.45, 2.75) is 56.2 Å². The molecule has 174 valence electrons. The molecule has 0 radical (unpaired) electrons. The summed E-state index contributed by atoms with van der Waals surface area (Å²) in [5, 5.41) is 50.5. The third kappa shape index (κ3) is 4.26. The van der Waals surface area contributed by atoms with Crippen LogP contribution < -0.4 is 4.74 Å². The Labute approximate surface area is 191 Å². The lowest BCUT2D eigenvalue weighted by Crippen LogP contribution is -2.55. The Morgan fingerprint density at radius 3 is 2.44 bits per heavy atom. The minimum absolute atomic E-state index is 0.0545. The lowest BCUT2D eigenvalue weighted by Gasteiger charge is -2.40. The van der Waals surface area contributed by atoms with Crippen LogP contribution in [0.1, 0.15) is 46.8 Å². The summed E-state index contributed by atoms with van der Waals surface area (Å²) in [5.41, 5.74) is 4.27. The summed E-state index contributed by atoms with van der Waals surface area (Å²) in [7, 11) is 0. The second-order valence-electron chi connectivity index (χ2n) is 8.60. The van der Waals surface area contributed by atoms with Gasteiger partial charge in [-0.25, -0.2) is 0 Å². The molecule has 32 heavy (non-hydrogen) atoms. The van der Waals surface area contributed by atoms with E-state index in [-0.39, 0.29) is 12.5 Å². The molecule has 2 aromatic carbocycles. The summed E-state index contributed by atoms with van der Waals surface area (Å²) in [4.78, 5) is 0. The second-order valence-corrected chi connectivity index (χ2v) is 8.97. The molecule has 5 N–H and O–H groups in total. The molecule has 0 saturated carbocycles. The van der Waals surface area contributed by atoms with Gasteiger partial charge < -0.3 is 35.0 Å². The van der Waals surface area contributed by atoms with Crippen LogP contribution in [0.15, 0.2) is 30.3 Å². The molecule has 0 aromatic heterocycles. The first-order valence-corrected chi connectivity index (χ1v) is 11.2. The van der Waals surface area contributed by atoms with Crippen LogP contribution >= 0.6 is 11.6 Å². The van der Waals surface area contributed by atoms with Crippen molar-refractivity contribution in [3.8, 4) is 5.75 Å². The van der Waals surface area contributed by atoms with Gasteiger partial charge in [-0.2, -0.15) is 0 Å². The van der Waals surface area contributed by atoms with E-state index < -0.39 is 37.1 Å². The number of hydrogen-bond acceptors (Lipinski definition) is 7. The van der Waals surface area contributed by atoms with Crippen LogP contribution in [0.4, 0.5) is 0 Å². The van der Waals surface area contributed by atoms with Gasteiger partial charge in [-0.3, -0.25) is 0 Å². The highest BCUT2D eigenvalue weighted by molar-refractivity contribution is 6.33. The number of aliphatic hydroxyl groups is 5. The number of hydrogen-bond donors (Lipinski definition) is 5. The van der Waals surface area contributed by atoms with Gasteiger partial charge in [0.05, 0.1) is 18.2 Å². The third-order valence-electron chi connectivity index (χ3n) is 6.45. The van der Waals surface area contributed by atoms with E-state index in [9.17, 15) is 25.5 Å². The maximum atomic E-state index is 10.7. The molecule has 0 amide bonds. The summed E-state index contributed by atoms with van der Waals surface area (Å²) in [6, 6.07) is 9.78. The van der Waals surface area contributed by atoms with Crippen LogP contribution in [0.5, 0.6) is 5.75 Å². The van der Waals surface area contributed by atoms with Crippen LogP contribution in [-0.2, 0) is 17.6 Å². The van der Waals surface area contributed by atoms with Crippen molar-refractivity contribution in [2.24, 2.45) is 0 Å². The Morgan fingerprint density at radius 2 is 1.78 bits per heavy atom. The second kappa shape index (κ2) is 9.65. The molecule has 2 aromatic rings. The van der Waals surface area contributed by atoms with E-state index in [2.05, 4.69) is 0 Å². The SMILES string of the molecule is CC(CO)c1ccc(Cc2cc([C@@H]3O[C@H](CO)[C@@H](O)[C@H](O)[C@H]3O)c3c(c2Cl)OCC3)cc1. The van der Waals surface area contributed by atoms with Gasteiger partial charge in [-0.05, 0) is 28.7 Å². The average Bonchev–Trinajstić information content (AvgIpc) is 3.30. The van der Waals surface area contributed by atoms with Crippen LogP contribution in [0, 0.1) is 0 Å². The van der Waals surface area contributed by atoms with E-state index >= 15 is 0 Å². The van der Waals surface area contributed by atoms with E-state index in [4.69, 9.17) is 21.1 Å². The first-order valence-electron chi connectivity index (χ1n) is 10.8. The maximum absolute atomic E-state index is 10.7. The van der Waals surface area contributed by atoms with E-state index in [1.807, 2.05) is 37.3 Å². The Morgan fingerprint density at radius 1 is 1.06 bits per heavy atom. The van der Waals surface area contributed by atoms with E-state index in [1.54, 1.807) is 0 Å². The highest BCUT2D eigenvalue weighted by Gasteiger charge is 2.45. The molecule has 2 aliphatic heterocycles. The lowest BCUT2D eigenvalue weighted by molar-refractivity contribution is -0.231. The third-order valence-corrected chi connectivity index (χ3v) is 6.86. The highest BCUT2D eigenvalue weighted by Crippen LogP contribution is 2.44. The predicted molar refractivity (Wildman–Crippen MR) is 118 cm³/mol. The van der Waals surface area contributed by atoms with Gasteiger partial charge in [-0.15, -0.1) is 0 Å². The zero-order valence-electron chi connectivity index (χ0n) is 17.8. The quantitative estimate of drug-likeness (QED) is 0.439. The largest absolute Gasteiger partial charge is 0.491 e. The average molecular weight is 465 g/mol. The number of benzene rings is 2. The molecule has 1 fully saturated rings. The number of aliphatic hydroxyl groups excluding tert-OH is 5. The molecular weight excluding hydrogens is 436 g/mol. The van der Waals surface area contributed by atoms with Gasteiger partial charge in [0, 0.05) is 24.5 Å². The molecule has 7 nitrogen and oxygen atoms in total. The molecule has 0 bridgehead atoms. The maximum Gasteiger partial charge on any atom is 0.141 e. The molecule has 2 heterocycles. The molecular formula is C24H29ClO7. The molecule has 1 saturated heterocycles. The van der Waals surface area contributed by atoms with E-state index in [0.29, 0.717) is 35.8 Å². The van der Waals surface area contributed by atoms with Crippen molar-refractivity contribution in [1.29, 1.82) is 0 Å². The minimum atomic E-state index is -1.45. The fourth-order valence-corrected chi connectivity index (χ4v) is 4.73. The Bertz CT molecular complexity index is 946. The van der Waals surface area contributed by atoms with Gasteiger partial charge in [0.1, 0.15) is 36.3 Å². The summed E-state index contributed by atoms with van der Waals surface area (Å²) in [6.45, 7) is 1.99. The summed E-state index contributed by atoms with van der Waals surface area (Å²) < 4.78 is 11.6. The fourth-order valence-electron chi connectivity index (χ4n) is 4.44. The summed E-state index contributed by atoms with van der Waals surface area (Å²) >= 11 is 6.67. The first kappa shape index (κ1) is 23.4. The predicted octanol–water partition coefficient (Wildman–Crippen LogP) is 1.48. The lowest BCUT2D eigenvalue weighted by atomic mass is 9.87.